The van der Waals surface area contributed by atoms with E-state index in [4.69, 9.17) is 14.2 Å². The number of hydrogen-bond donors (Lipinski definition) is 2. The summed E-state index contributed by atoms with van der Waals surface area (Å²) in [5.41, 5.74) is 0.891. The van der Waals surface area contributed by atoms with Crippen LogP contribution in [-0.4, -0.2) is 79.4 Å². The van der Waals surface area contributed by atoms with E-state index in [-0.39, 0.29) is 43.6 Å². The first kappa shape index (κ1) is 37.9. The van der Waals surface area contributed by atoms with Gasteiger partial charge in [-0.15, -0.1) is 0 Å². The van der Waals surface area contributed by atoms with Crippen molar-refractivity contribution in [3.8, 4) is 5.75 Å². The molecule has 2 aromatic rings. The number of benzene rings is 2. The Balaban J connectivity index is 1.74. The van der Waals surface area contributed by atoms with Gasteiger partial charge in [-0.05, 0) is 29.4 Å². The quantitative estimate of drug-likeness (QED) is 0.158. The van der Waals surface area contributed by atoms with Crippen LogP contribution in [0.4, 0.5) is 23.2 Å². The number of carbonyl (C=O) groups excluding carboxylic acids is 5. The Morgan fingerprint density at radius 3 is 2.29 bits per heavy atom. The number of nitrogens with zero attached hydrogens (tertiary/aromatic N) is 1. The molecule has 0 aliphatic carbocycles. The maximum absolute atomic E-state index is 14.1. The number of Topliss-reactive ketones (excluding diaryl/α,β-unsaturated/α-hetero) is 1. The summed E-state index contributed by atoms with van der Waals surface area (Å²) in [6.45, 7) is 7.80. The molecule has 3 amide bonds. The van der Waals surface area contributed by atoms with Gasteiger partial charge in [-0.25, -0.2) is 8.78 Å². The van der Waals surface area contributed by atoms with E-state index < -0.39 is 90.2 Å². The van der Waals surface area contributed by atoms with Crippen molar-refractivity contribution in [1.29, 1.82) is 0 Å². The van der Waals surface area contributed by atoms with Crippen LogP contribution in [0, 0.1) is 29.2 Å². The number of amides is 3. The maximum Gasteiger partial charge on any atom is 0.313 e. The van der Waals surface area contributed by atoms with Gasteiger partial charge in [0.15, 0.2) is 29.3 Å². The fourth-order valence-electron chi connectivity index (χ4n) is 4.65. The third kappa shape index (κ3) is 10.2. The predicted octanol–water partition coefficient (Wildman–Crippen LogP) is 3.82. The van der Waals surface area contributed by atoms with E-state index in [2.05, 4.69) is 10.6 Å². The highest BCUT2D eigenvalue weighted by molar-refractivity contribution is 6.39. The molecule has 3 rings (SSSR count). The van der Waals surface area contributed by atoms with Crippen LogP contribution in [0.5, 0.6) is 5.75 Å². The monoisotopic (exact) mass is 681 g/mol. The van der Waals surface area contributed by atoms with Gasteiger partial charge in [0.2, 0.25) is 11.6 Å². The zero-order valence-electron chi connectivity index (χ0n) is 27.3. The van der Waals surface area contributed by atoms with Crippen LogP contribution in [0.3, 0.4) is 0 Å². The minimum atomic E-state index is -1.89. The van der Waals surface area contributed by atoms with Crippen LogP contribution in [-0.2, 0) is 38.9 Å². The standard InChI is InChI=1S/C33H39F4N3O8/c1-18(2)16-47-26(42)14-23(24(41)17-48-29-27(36)20(34)13-21(35)28(29)37)39-30(43)25-15-40(11-8-12-46-25)32(45)31(44)38-22-10-7-6-9-19(22)33(3,4)5/h6-7,9-10,13,18,23,25H,8,11-12,14-17H2,1-5H3,(H,38,44)(H,39,43)/t23-,25-/m0/s1. The second-order valence-corrected chi connectivity index (χ2v) is 12.6. The number of rotatable bonds is 11. The molecular weight excluding hydrogens is 642 g/mol. The van der Waals surface area contributed by atoms with E-state index in [1.54, 1.807) is 32.0 Å². The smallest absolute Gasteiger partial charge is 0.313 e. The SMILES string of the molecule is CC(C)COC(=O)C[C@H](NC(=O)[C@@H]1CN(C(=O)C(=O)Nc2ccccc2C(C)(C)C)CCCO1)C(=O)COc1c(F)c(F)cc(F)c1F. The molecule has 0 aromatic heterocycles. The van der Waals surface area contributed by atoms with Crippen LogP contribution >= 0.6 is 0 Å². The molecule has 1 heterocycles. The molecule has 1 aliphatic rings. The van der Waals surface area contributed by atoms with Gasteiger partial charge in [-0.1, -0.05) is 52.8 Å². The third-order valence-corrected chi connectivity index (χ3v) is 7.12. The Morgan fingerprint density at radius 2 is 1.67 bits per heavy atom. The Kier molecular flexibility index (Phi) is 13.1. The molecule has 2 N–H and O–H groups in total. The van der Waals surface area contributed by atoms with Gasteiger partial charge in [0.05, 0.1) is 19.6 Å². The van der Waals surface area contributed by atoms with Crippen molar-refractivity contribution in [2.75, 3.05) is 38.2 Å². The predicted molar refractivity (Wildman–Crippen MR) is 164 cm³/mol. The van der Waals surface area contributed by atoms with Crippen LogP contribution in [0.15, 0.2) is 30.3 Å². The van der Waals surface area contributed by atoms with E-state index in [0.717, 1.165) is 10.5 Å². The molecule has 1 fully saturated rings. The second kappa shape index (κ2) is 16.5. The Hall–Kier alpha value is -4.53. The lowest BCUT2D eigenvalue weighted by Crippen LogP contribution is -2.52. The number of ether oxygens (including phenoxy) is 3. The summed E-state index contributed by atoms with van der Waals surface area (Å²) in [6.07, 6.45) is -1.88. The van der Waals surface area contributed by atoms with Gasteiger partial charge < -0.3 is 29.7 Å². The zero-order valence-corrected chi connectivity index (χ0v) is 27.3. The molecular formula is C33H39F4N3O8. The topological polar surface area (TPSA) is 140 Å². The average molecular weight is 682 g/mol. The number of esters is 1. The number of anilines is 1. The molecule has 0 radical (unpaired) electrons. The molecule has 0 saturated carbocycles. The van der Waals surface area contributed by atoms with Crippen molar-refractivity contribution in [3.63, 3.8) is 0 Å². The highest BCUT2D eigenvalue weighted by Crippen LogP contribution is 2.29. The zero-order chi connectivity index (χ0) is 35.8. The van der Waals surface area contributed by atoms with Crippen molar-refractivity contribution in [3.05, 3.63) is 59.2 Å². The van der Waals surface area contributed by atoms with Crippen molar-refractivity contribution in [1.82, 2.24) is 10.2 Å². The van der Waals surface area contributed by atoms with Crippen LogP contribution < -0.4 is 15.4 Å². The van der Waals surface area contributed by atoms with Gasteiger partial charge >= 0.3 is 17.8 Å². The number of carbonyl (C=O) groups is 5. The lowest BCUT2D eigenvalue weighted by atomic mass is 9.86. The second-order valence-electron chi connectivity index (χ2n) is 12.6. The highest BCUT2D eigenvalue weighted by atomic mass is 19.2. The number of halogens is 4. The van der Waals surface area contributed by atoms with E-state index in [1.165, 1.54) is 0 Å². The third-order valence-electron chi connectivity index (χ3n) is 7.12. The molecule has 0 unspecified atom stereocenters. The summed E-state index contributed by atoms with van der Waals surface area (Å²) >= 11 is 0. The normalized spacial score (nSPS) is 15.7. The lowest BCUT2D eigenvalue weighted by Gasteiger charge is -2.26. The molecule has 262 valence electrons. The summed E-state index contributed by atoms with van der Waals surface area (Å²) < 4.78 is 70.8. The van der Waals surface area contributed by atoms with Crippen molar-refractivity contribution < 1.29 is 55.7 Å². The van der Waals surface area contributed by atoms with Gasteiger partial charge in [0, 0.05) is 24.9 Å². The fourth-order valence-corrected chi connectivity index (χ4v) is 4.65. The molecule has 11 nitrogen and oxygen atoms in total. The van der Waals surface area contributed by atoms with Crippen molar-refractivity contribution in [2.24, 2.45) is 5.92 Å². The van der Waals surface area contributed by atoms with E-state index >= 15 is 0 Å². The van der Waals surface area contributed by atoms with E-state index in [9.17, 15) is 41.5 Å². The Morgan fingerprint density at radius 1 is 1.02 bits per heavy atom. The van der Waals surface area contributed by atoms with E-state index in [1.807, 2.05) is 26.8 Å². The largest absolute Gasteiger partial charge is 0.479 e. The lowest BCUT2D eigenvalue weighted by molar-refractivity contribution is -0.148. The van der Waals surface area contributed by atoms with Gasteiger partial charge in [0.25, 0.3) is 5.91 Å². The Bertz CT molecular complexity index is 1500. The van der Waals surface area contributed by atoms with Crippen LogP contribution in [0.1, 0.15) is 53.0 Å². The molecule has 2 aromatic carbocycles. The fraction of sp³-hybridized carbons (Fsp3) is 0.485. The number of nitrogens with one attached hydrogen (secondary N) is 2. The molecule has 0 bridgehead atoms. The number of para-hydroxylation sites is 1. The maximum atomic E-state index is 14.1. The van der Waals surface area contributed by atoms with Gasteiger partial charge in [0.1, 0.15) is 12.6 Å². The first-order valence-electron chi connectivity index (χ1n) is 15.2. The van der Waals surface area contributed by atoms with Gasteiger partial charge in [-0.2, -0.15) is 8.78 Å². The summed E-state index contributed by atoms with van der Waals surface area (Å²) in [5, 5.41) is 4.93. The minimum absolute atomic E-state index is 0.00180. The molecule has 1 aliphatic heterocycles. The van der Waals surface area contributed by atoms with E-state index in [0.29, 0.717) is 5.69 Å². The first-order valence-corrected chi connectivity index (χ1v) is 15.2. The van der Waals surface area contributed by atoms with Crippen LogP contribution in [0.25, 0.3) is 0 Å². The summed E-state index contributed by atoms with van der Waals surface area (Å²) in [7, 11) is 0. The number of ketones is 1. The molecule has 2 atom stereocenters. The molecule has 48 heavy (non-hydrogen) atoms. The molecule has 15 heteroatoms. The summed E-state index contributed by atoms with van der Waals surface area (Å²) in [6, 6.07) is 5.26. The highest BCUT2D eigenvalue weighted by Gasteiger charge is 2.34. The average Bonchev–Trinajstić information content (AvgIpc) is 3.28. The Labute approximate surface area is 275 Å². The molecule has 1 saturated heterocycles. The van der Waals surface area contributed by atoms with Gasteiger partial charge in [-0.3, -0.25) is 24.0 Å². The summed E-state index contributed by atoms with van der Waals surface area (Å²) in [5.74, 6) is -13.8. The van der Waals surface area contributed by atoms with Crippen LogP contribution in [0.2, 0.25) is 0 Å². The van der Waals surface area contributed by atoms with Crippen molar-refractivity contribution >= 4 is 35.2 Å². The number of hydrogen-bond acceptors (Lipinski definition) is 8. The first-order chi connectivity index (χ1) is 22.5. The minimum Gasteiger partial charge on any atom is -0.479 e. The summed E-state index contributed by atoms with van der Waals surface area (Å²) in [4.78, 5) is 66.2. The van der Waals surface area contributed by atoms with Crippen molar-refractivity contribution in [2.45, 2.75) is 65.0 Å². The molecule has 0 spiro atoms.